The minimum absolute atomic E-state index is 0.0334. The molecule has 2 heterocycles. The number of aromatic nitrogens is 3. The Morgan fingerprint density at radius 3 is 2.43 bits per heavy atom. The first-order valence-electron chi connectivity index (χ1n) is 12.4. The van der Waals surface area contributed by atoms with Crippen LogP contribution >= 0.6 is 11.8 Å². The molecule has 2 aromatic carbocycles. The lowest BCUT2D eigenvalue weighted by Gasteiger charge is -2.26. The van der Waals surface area contributed by atoms with Gasteiger partial charge in [-0.3, -0.25) is 14.3 Å². The minimum atomic E-state index is -0.287. The van der Waals surface area contributed by atoms with Gasteiger partial charge in [0.2, 0.25) is 5.91 Å². The zero-order chi connectivity index (χ0) is 24.6. The summed E-state index contributed by atoms with van der Waals surface area (Å²) in [6.45, 7) is 7.08. The second kappa shape index (κ2) is 12.3. The molecule has 186 valence electrons. The van der Waals surface area contributed by atoms with E-state index in [-0.39, 0.29) is 23.5 Å². The fourth-order valence-electron chi connectivity index (χ4n) is 4.46. The number of carbonyl (C=O) groups is 1. The second-order valence-corrected chi connectivity index (χ2v) is 10.4. The maximum Gasteiger partial charge on any atom is 0.230 e. The van der Waals surface area contributed by atoms with Crippen molar-refractivity contribution < 1.29 is 9.18 Å². The zero-order valence-corrected chi connectivity index (χ0v) is 21.3. The first-order chi connectivity index (χ1) is 17.0. The number of nitrogens with one attached hydrogen (secondary N) is 1. The van der Waals surface area contributed by atoms with Crippen molar-refractivity contribution in [3.8, 4) is 5.69 Å². The van der Waals surface area contributed by atoms with Gasteiger partial charge in [-0.05, 0) is 68.1 Å². The van der Waals surface area contributed by atoms with Gasteiger partial charge in [-0.25, -0.2) is 4.39 Å². The van der Waals surface area contributed by atoms with Crippen molar-refractivity contribution in [1.82, 2.24) is 25.0 Å². The smallest absolute Gasteiger partial charge is 0.230 e. The van der Waals surface area contributed by atoms with E-state index in [0.717, 1.165) is 36.6 Å². The first kappa shape index (κ1) is 25.4. The van der Waals surface area contributed by atoms with Crippen LogP contribution in [-0.4, -0.2) is 44.4 Å². The van der Waals surface area contributed by atoms with Gasteiger partial charge in [0.1, 0.15) is 5.82 Å². The first-order valence-corrected chi connectivity index (χ1v) is 13.4. The van der Waals surface area contributed by atoms with E-state index in [1.54, 1.807) is 12.1 Å². The lowest BCUT2D eigenvalue weighted by molar-refractivity contribution is -0.119. The Kier molecular flexibility index (Phi) is 8.93. The van der Waals surface area contributed by atoms with Crippen molar-refractivity contribution in [3.63, 3.8) is 0 Å². The SMILES string of the molecule is CC(C)CC(NC(=O)CSc1nnc(CN2CCCCC2)n1-c1ccc(F)cc1)c1ccccc1. The van der Waals surface area contributed by atoms with E-state index < -0.39 is 0 Å². The van der Waals surface area contributed by atoms with Crippen molar-refractivity contribution in [3.05, 3.63) is 71.8 Å². The average Bonchev–Trinajstić information content (AvgIpc) is 3.26. The highest BCUT2D eigenvalue weighted by Gasteiger charge is 2.21. The maximum atomic E-state index is 13.6. The summed E-state index contributed by atoms with van der Waals surface area (Å²) in [5, 5.41) is 12.7. The van der Waals surface area contributed by atoms with E-state index >= 15 is 0 Å². The van der Waals surface area contributed by atoms with Gasteiger partial charge in [0, 0.05) is 5.69 Å². The molecule has 0 radical (unpaired) electrons. The molecule has 3 aromatic rings. The standard InChI is InChI=1S/C27H34FN5OS/c1-20(2)17-24(21-9-5-3-6-10-21)29-26(34)19-35-27-31-30-25(18-32-15-7-4-8-16-32)33(27)23-13-11-22(28)12-14-23/h3,5-6,9-14,20,24H,4,7-8,15-19H2,1-2H3,(H,29,34). The van der Waals surface area contributed by atoms with Crippen LogP contribution in [0.4, 0.5) is 4.39 Å². The molecule has 0 bridgehead atoms. The van der Waals surface area contributed by atoms with Crippen LogP contribution in [0.2, 0.25) is 0 Å². The van der Waals surface area contributed by atoms with Crippen molar-refractivity contribution in [2.75, 3.05) is 18.8 Å². The molecule has 1 saturated heterocycles. The Hall–Kier alpha value is -2.71. The molecule has 1 fully saturated rings. The summed E-state index contributed by atoms with van der Waals surface area (Å²) in [5.74, 6) is 1.15. The van der Waals surface area contributed by atoms with Gasteiger partial charge in [0.05, 0.1) is 18.3 Å². The molecule has 1 atom stereocenters. The van der Waals surface area contributed by atoms with Gasteiger partial charge in [0.15, 0.2) is 11.0 Å². The summed E-state index contributed by atoms with van der Waals surface area (Å²) in [5.41, 5.74) is 1.91. The molecule has 4 rings (SSSR count). The van der Waals surface area contributed by atoms with E-state index in [1.807, 2.05) is 22.8 Å². The van der Waals surface area contributed by atoms with E-state index in [9.17, 15) is 9.18 Å². The third-order valence-corrected chi connectivity index (χ3v) is 7.10. The summed E-state index contributed by atoms with van der Waals surface area (Å²) in [6.07, 6.45) is 4.50. The summed E-state index contributed by atoms with van der Waals surface area (Å²) < 4.78 is 15.6. The van der Waals surface area contributed by atoms with Crippen molar-refractivity contribution in [2.24, 2.45) is 5.92 Å². The highest BCUT2D eigenvalue weighted by atomic mass is 32.2. The number of nitrogens with zero attached hydrogens (tertiary/aromatic N) is 4. The van der Waals surface area contributed by atoms with Gasteiger partial charge in [0.25, 0.3) is 0 Å². The van der Waals surface area contributed by atoms with E-state index in [2.05, 4.69) is 46.4 Å². The van der Waals surface area contributed by atoms with Gasteiger partial charge < -0.3 is 5.32 Å². The number of rotatable bonds is 10. The van der Waals surface area contributed by atoms with E-state index in [4.69, 9.17) is 0 Å². The Morgan fingerprint density at radius 2 is 1.74 bits per heavy atom. The summed E-state index contributed by atoms with van der Waals surface area (Å²) >= 11 is 1.36. The third-order valence-electron chi connectivity index (χ3n) is 6.18. The second-order valence-electron chi connectivity index (χ2n) is 9.50. The van der Waals surface area contributed by atoms with Crippen LogP contribution in [0.3, 0.4) is 0 Å². The molecule has 1 aliphatic heterocycles. The summed E-state index contributed by atoms with van der Waals surface area (Å²) in [4.78, 5) is 15.3. The normalized spacial score (nSPS) is 15.3. The predicted molar refractivity (Wildman–Crippen MR) is 138 cm³/mol. The fourth-order valence-corrected chi connectivity index (χ4v) is 5.25. The van der Waals surface area contributed by atoms with Crippen LogP contribution in [0.1, 0.15) is 57.0 Å². The molecule has 1 amide bonds. The van der Waals surface area contributed by atoms with Crippen LogP contribution < -0.4 is 5.32 Å². The number of hydrogen-bond donors (Lipinski definition) is 1. The third kappa shape index (κ3) is 7.15. The molecule has 1 unspecified atom stereocenters. The number of carbonyl (C=O) groups excluding carboxylic acids is 1. The number of amides is 1. The number of halogens is 1. The lowest BCUT2D eigenvalue weighted by Crippen LogP contribution is -2.31. The minimum Gasteiger partial charge on any atom is -0.349 e. The molecule has 1 aromatic heterocycles. The number of hydrogen-bond acceptors (Lipinski definition) is 5. The van der Waals surface area contributed by atoms with Crippen molar-refractivity contribution in [2.45, 2.75) is 57.3 Å². The number of piperidine rings is 1. The predicted octanol–water partition coefficient (Wildman–Crippen LogP) is 5.39. The Morgan fingerprint density at radius 1 is 1.03 bits per heavy atom. The topological polar surface area (TPSA) is 63.1 Å². The summed E-state index contributed by atoms with van der Waals surface area (Å²) in [6, 6.07) is 16.4. The molecule has 0 aliphatic carbocycles. The van der Waals surface area contributed by atoms with Crippen LogP contribution in [0.15, 0.2) is 59.8 Å². The van der Waals surface area contributed by atoms with Crippen LogP contribution in [-0.2, 0) is 11.3 Å². The Labute approximate surface area is 211 Å². The molecule has 6 nitrogen and oxygen atoms in total. The number of likely N-dealkylation sites (tertiary alicyclic amines) is 1. The lowest BCUT2D eigenvalue weighted by atomic mass is 9.97. The number of thioether (sulfide) groups is 1. The largest absolute Gasteiger partial charge is 0.349 e. The molecular formula is C27H34FN5OS. The number of benzene rings is 2. The van der Waals surface area contributed by atoms with Crippen LogP contribution in [0, 0.1) is 11.7 Å². The van der Waals surface area contributed by atoms with Gasteiger partial charge in [-0.2, -0.15) is 0 Å². The van der Waals surface area contributed by atoms with Gasteiger partial charge in [-0.15, -0.1) is 10.2 Å². The Bertz CT molecular complexity index is 1080. The average molecular weight is 496 g/mol. The molecule has 8 heteroatoms. The van der Waals surface area contributed by atoms with Crippen LogP contribution in [0.5, 0.6) is 0 Å². The molecule has 35 heavy (non-hydrogen) atoms. The maximum absolute atomic E-state index is 13.6. The van der Waals surface area contributed by atoms with Crippen molar-refractivity contribution in [1.29, 1.82) is 0 Å². The summed E-state index contributed by atoms with van der Waals surface area (Å²) in [7, 11) is 0. The highest BCUT2D eigenvalue weighted by molar-refractivity contribution is 7.99. The Balaban J connectivity index is 1.48. The zero-order valence-electron chi connectivity index (χ0n) is 20.5. The fraction of sp³-hybridized carbons (Fsp3) is 0.444. The molecule has 1 aliphatic rings. The molecule has 1 N–H and O–H groups in total. The van der Waals surface area contributed by atoms with Crippen molar-refractivity contribution >= 4 is 17.7 Å². The molecular weight excluding hydrogens is 461 g/mol. The van der Waals surface area contributed by atoms with Crippen LogP contribution in [0.25, 0.3) is 5.69 Å². The quantitative estimate of drug-likeness (QED) is 0.382. The van der Waals surface area contributed by atoms with Gasteiger partial charge in [-0.1, -0.05) is 62.4 Å². The van der Waals surface area contributed by atoms with E-state index in [0.29, 0.717) is 17.6 Å². The monoisotopic (exact) mass is 495 g/mol. The molecule has 0 saturated carbocycles. The highest BCUT2D eigenvalue weighted by Crippen LogP contribution is 2.25. The molecule has 0 spiro atoms. The van der Waals surface area contributed by atoms with E-state index in [1.165, 1.54) is 43.2 Å². The van der Waals surface area contributed by atoms with Gasteiger partial charge >= 0.3 is 0 Å².